The van der Waals surface area contributed by atoms with Crippen molar-refractivity contribution in [1.29, 1.82) is 0 Å². The second kappa shape index (κ2) is 2.73. The van der Waals surface area contributed by atoms with Crippen LogP contribution in [0.15, 0.2) is 0 Å². The highest BCUT2D eigenvalue weighted by Crippen LogP contribution is 2.21. The fourth-order valence-corrected chi connectivity index (χ4v) is 2.24. The minimum atomic E-state index is -3.39. The van der Waals surface area contributed by atoms with Crippen LogP contribution in [-0.2, 0) is 14.5 Å². The van der Waals surface area contributed by atoms with Crippen LogP contribution in [-0.4, -0.2) is 32.4 Å². The number of likely N-dealkylation sites (N-methyl/N-ethyl adjacent to an activating group) is 1. The molecule has 0 bridgehead atoms. The molecule has 0 unspecified atom stereocenters. The Morgan fingerprint density at radius 1 is 1.55 bits per heavy atom. The van der Waals surface area contributed by atoms with Gasteiger partial charge in [0, 0.05) is 7.05 Å². The van der Waals surface area contributed by atoms with Crippen molar-refractivity contribution in [2.45, 2.75) is 19.9 Å². The molecule has 0 N–H and O–H groups in total. The molecule has 0 aromatic heterocycles. The summed E-state index contributed by atoms with van der Waals surface area (Å²) in [6.45, 7) is 4.24. The summed E-state index contributed by atoms with van der Waals surface area (Å²) in [5.41, 5.74) is 0. The lowest BCUT2D eigenvalue weighted by atomic mass is 10.1. The van der Waals surface area contributed by atoms with Crippen molar-refractivity contribution >= 4 is 10.3 Å². The maximum absolute atomic E-state index is 11.0. The molecule has 66 valence electrons. The van der Waals surface area contributed by atoms with Crippen molar-refractivity contribution in [3.63, 3.8) is 0 Å². The molecule has 0 aromatic carbocycles. The molecule has 11 heavy (non-hydrogen) atoms. The Kier molecular flexibility index (Phi) is 2.22. The summed E-state index contributed by atoms with van der Waals surface area (Å²) >= 11 is 0. The van der Waals surface area contributed by atoms with Crippen LogP contribution in [0.4, 0.5) is 0 Å². The molecule has 0 saturated carbocycles. The summed E-state index contributed by atoms with van der Waals surface area (Å²) < 4.78 is 27.9. The molecule has 1 heterocycles. The molecule has 0 aliphatic carbocycles. The van der Waals surface area contributed by atoms with E-state index >= 15 is 0 Å². The molecule has 0 amide bonds. The summed E-state index contributed by atoms with van der Waals surface area (Å²) in [4.78, 5) is 0. The van der Waals surface area contributed by atoms with E-state index in [0.29, 0.717) is 5.92 Å². The van der Waals surface area contributed by atoms with Gasteiger partial charge in [-0.2, -0.15) is 12.7 Å². The third-order valence-electron chi connectivity index (χ3n) is 1.98. The van der Waals surface area contributed by atoms with Crippen molar-refractivity contribution in [3.05, 3.63) is 0 Å². The third kappa shape index (κ3) is 1.55. The van der Waals surface area contributed by atoms with Crippen LogP contribution in [0.2, 0.25) is 0 Å². The van der Waals surface area contributed by atoms with Gasteiger partial charge in [0.25, 0.3) is 0 Å². The average Bonchev–Trinajstić information content (AvgIpc) is 2.09. The first-order valence-electron chi connectivity index (χ1n) is 3.57. The summed E-state index contributed by atoms with van der Waals surface area (Å²) in [6, 6.07) is -0.000000000000000444. The molecule has 1 aliphatic heterocycles. The van der Waals surface area contributed by atoms with E-state index in [2.05, 4.69) is 4.18 Å². The van der Waals surface area contributed by atoms with Gasteiger partial charge >= 0.3 is 10.3 Å². The Labute approximate surface area is 67.4 Å². The molecule has 1 aliphatic rings. The van der Waals surface area contributed by atoms with Crippen molar-refractivity contribution in [2.24, 2.45) is 5.92 Å². The van der Waals surface area contributed by atoms with E-state index in [-0.39, 0.29) is 12.6 Å². The molecule has 0 spiro atoms. The SMILES string of the molecule is CC(C)[C@@H]1COS(=O)(=O)N1C. The van der Waals surface area contributed by atoms with Gasteiger partial charge in [-0.15, -0.1) is 0 Å². The number of nitrogens with zero attached hydrogens (tertiary/aromatic N) is 1. The summed E-state index contributed by atoms with van der Waals surface area (Å²) in [7, 11) is -1.84. The first-order chi connectivity index (χ1) is 4.95. The lowest BCUT2D eigenvalue weighted by molar-refractivity contribution is 0.273. The molecule has 1 rings (SSSR count). The van der Waals surface area contributed by atoms with Gasteiger partial charge in [-0.3, -0.25) is 4.18 Å². The fourth-order valence-electron chi connectivity index (χ4n) is 1.12. The Morgan fingerprint density at radius 2 is 2.09 bits per heavy atom. The van der Waals surface area contributed by atoms with Crippen molar-refractivity contribution in [3.8, 4) is 0 Å². The van der Waals surface area contributed by atoms with Crippen LogP contribution in [0.1, 0.15) is 13.8 Å². The molecule has 4 nitrogen and oxygen atoms in total. The monoisotopic (exact) mass is 179 g/mol. The van der Waals surface area contributed by atoms with Gasteiger partial charge in [0.2, 0.25) is 0 Å². The topological polar surface area (TPSA) is 46.6 Å². The predicted molar refractivity (Wildman–Crippen MR) is 41.3 cm³/mol. The zero-order valence-corrected chi connectivity index (χ0v) is 7.76. The maximum atomic E-state index is 11.0. The first kappa shape index (κ1) is 8.96. The predicted octanol–water partition coefficient (Wildman–Crippen LogP) is 0.218. The molecule has 0 radical (unpaired) electrons. The second-order valence-electron chi connectivity index (χ2n) is 3.07. The smallest absolute Gasteiger partial charge is 0.256 e. The first-order valence-corrected chi connectivity index (χ1v) is 4.94. The number of rotatable bonds is 1. The Bertz CT molecular complexity index is 234. The normalized spacial score (nSPS) is 31.5. The molecule has 1 fully saturated rings. The van der Waals surface area contributed by atoms with Gasteiger partial charge < -0.3 is 0 Å². The van der Waals surface area contributed by atoms with Gasteiger partial charge in [0.1, 0.15) is 0 Å². The van der Waals surface area contributed by atoms with Crippen LogP contribution in [0.25, 0.3) is 0 Å². The summed E-state index contributed by atoms with van der Waals surface area (Å²) in [5, 5.41) is 0. The van der Waals surface area contributed by atoms with E-state index in [1.54, 1.807) is 7.05 Å². The Morgan fingerprint density at radius 3 is 2.27 bits per heavy atom. The number of hydrogen-bond donors (Lipinski definition) is 0. The van der Waals surface area contributed by atoms with Crippen LogP contribution in [0.3, 0.4) is 0 Å². The van der Waals surface area contributed by atoms with Gasteiger partial charge in [0.05, 0.1) is 12.6 Å². The van der Waals surface area contributed by atoms with Crippen molar-refractivity contribution in [1.82, 2.24) is 4.31 Å². The van der Waals surface area contributed by atoms with Gasteiger partial charge in [-0.25, -0.2) is 0 Å². The molecule has 5 heteroatoms. The van der Waals surface area contributed by atoms with E-state index in [9.17, 15) is 8.42 Å². The highest BCUT2D eigenvalue weighted by Gasteiger charge is 2.36. The highest BCUT2D eigenvalue weighted by atomic mass is 32.2. The lowest BCUT2D eigenvalue weighted by Gasteiger charge is -2.18. The van der Waals surface area contributed by atoms with Gasteiger partial charge in [-0.05, 0) is 5.92 Å². The maximum Gasteiger partial charge on any atom is 0.338 e. The van der Waals surface area contributed by atoms with Crippen LogP contribution >= 0.6 is 0 Å². The quantitative estimate of drug-likeness (QED) is 0.578. The Balaban J connectivity index is 2.79. The van der Waals surface area contributed by atoms with Crippen LogP contribution in [0.5, 0.6) is 0 Å². The van der Waals surface area contributed by atoms with E-state index in [0.717, 1.165) is 0 Å². The minimum Gasteiger partial charge on any atom is -0.256 e. The van der Waals surface area contributed by atoms with E-state index < -0.39 is 10.3 Å². The van der Waals surface area contributed by atoms with Crippen molar-refractivity contribution < 1.29 is 12.6 Å². The minimum absolute atomic E-state index is 0.000000000000000444. The molecule has 1 saturated heterocycles. The molecular weight excluding hydrogens is 166 g/mol. The summed E-state index contributed by atoms with van der Waals surface area (Å²) in [5.74, 6) is 0.303. The van der Waals surface area contributed by atoms with Crippen molar-refractivity contribution in [2.75, 3.05) is 13.7 Å². The van der Waals surface area contributed by atoms with Crippen LogP contribution < -0.4 is 0 Å². The zero-order chi connectivity index (χ0) is 8.65. The van der Waals surface area contributed by atoms with Gasteiger partial charge in [-0.1, -0.05) is 13.8 Å². The molecular formula is C6H13NO3S. The van der Waals surface area contributed by atoms with E-state index in [1.807, 2.05) is 13.8 Å². The average molecular weight is 179 g/mol. The second-order valence-corrected chi connectivity index (χ2v) is 4.74. The number of hydrogen-bond acceptors (Lipinski definition) is 3. The molecule has 1 atom stereocenters. The molecule has 0 aromatic rings. The fraction of sp³-hybridized carbons (Fsp3) is 1.00. The Hall–Kier alpha value is -0.130. The standard InChI is InChI=1S/C6H13NO3S/c1-5(2)6-4-10-11(8,9)7(6)3/h5-6H,4H2,1-3H3/t6-/m0/s1. The largest absolute Gasteiger partial charge is 0.338 e. The zero-order valence-electron chi connectivity index (χ0n) is 6.94. The van der Waals surface area contributed by atoms with Crippen LogP contribution in [0, 0.1) is 5.92 Å². The lowest BCUT2D eigenvalue weighted by Crippen LogP contribution is -2.33. The van der Waals surface area contributed by atoms with Gasteiger partial charge in [0.15, 0.2) is 0 Å². The highest BCUT2D eigenvalue weighted by molar-refractivity contribution is 7.84. The summed E-state index contributed by atoms with van der Waals surface area (Å²) in [6.07, 6.45) is 0. The van der Waals surface area contributed by atoms with E-state index in [1.165, 1.54) is 4.31 Å². The third-order valence-corrected chi connectivity index (χ3v) is 3.39. The van der Waals surface area contributed by atoms with E-state index in [4.69, 9.17) is 0 Å².